The number of rotatable bonds is 3. The Hall–Kier alpha value is -2.35. The van der Waals surface area contributed by atoms with Crippen molar-refractivity contribution in [1.29, 1.82) is 0 Å². The average Bonchev–Trinajstić information content (AvgIpc) is 2.91. The first-order chi connectivity index (χ1) is 12.6. The average molecular weight is 399 g/mol. The minimum Gasteiger partial charge on any atom is -0.288 e. The van der Waals surface area contributed by atoms with E-state index in [1.54, 1.807) is 6.92 Å². The molecular weight excluding hydrogens is 381 g/mol. The van der Waals surface area contributed by atoms with Crippen LogP contribution in [-0.2, 0) is 12.7 Å². The van der Waals surface area contributed by atoms with E-state index in [-0.39, 0.29) is 34.6 Å². The third-order valence-corrected chi connectivity index (χ3v) is 4.69. The van der Waals surface area contributed by atoms with Crippen molar-refractivity contribution in [2.75, 3.05) is 0 Å². The van der Waals surface area contributed by atoms with Crippen molar-refractivity contribution in [3.05, 3.63) is 50.5 Å². The first kappa shape index (κ1) is 19.4. The summed E-state index contributed by atoms with van der Waals surface area (Å²) in [7, 11) is 0. The minimum absolute atomic E-state index is 0.0321. The molecule has 0 bridgehead atoms. The zero-order chi connectivity index (χ0) is 20.1. The Labute approximate surface area is 158 Å². The molecule has 9 heteroatoms. The molecule has 0 atom stereocenters. The molecule has 0 aromatic carbocycles. The van der Waals surface area contributed by atoms with Crippen LogP contribution in [0.3, 0.4) is 0 Å². The van der Waals surface area contributed by atoms with Gasteiger partial charge in [0.15, 0.2) is 5.82 Å². The molecule has 0 aliphatic heterocycles. The van der Waals surface area contributed by atoms with Gasteiger partial charge in [0.05, 0.1) is 10.6 Å². The van der Waals surface area contributed by atoms with Gasteiger partial charge >= 0.3 is 6.18 Å². The smallest absolute Gasteiger partial charge is 0.288 e. The van der Waals surface area contributed by atoms with E-state index < -0.39 is 11.7 Å². The van der Waals surface area contributed by atoms with Crippen molar-refractivity contribution in [1.82, 2.24) is 19.2 Å². The number of pyridine rings is 1. The van der Waals surface area contributed by atoms with Crippen molar-refractivity contribution in [3.8, 4) is 11.5 Å². The van der Waals surface area contributed by atoms with Crippen molar-refractivity contribution >= 4 is 17.1 Å². The van der Waals surface area contributed by atoms with E-state index in [4.69, 9.17) is 11.6 Å². The summed E-state index contributed by atoms with van der Waals surface area (Å²) in [6, 6.07) is 2.68. The molecule has 0 saturated heterocycles. The van der Waals surface area contributed by atoms with Crippen LogP contribution in [0, 0.1) is 6.92 Å². The number of hydrogen-bond acceptors (Lipinski definition) is 3. The van der Waals surface area contributed by atoms with E-state index in [9.17, 15) is 18.0 Å². The van der Waals surface area contributed by atoms with Gasteiger partial charge in [0.2, 0.25) is 0 Å². The molecule has 3 rings (SSSR count). The van der Waals surface area contributed by atoms with Gasteiger partial charge in [0.1, 0.15) is 11.2 Å². The van der Waals surface area contributed by atoms with Gasteiger partial charge in [-0.1, -0.05) is 25.4 Å². The van der Waals surface area contributed by atoms with Gasteiger partial charge in [-0.15, -0.1) is 5.10 Å². The van der Waals surface area contributed by atoms with Crippen molar-refractivity contribution in [3.63, 3.8) is 0 Å². The Balaban J connectivity index is 2.33. The number of fused-ring (bicyclic) bond motifs is 1. The van der Waals surface area contributed by atoms with E-state index in [0.717, 1.165) is 17.3 Å². The molecule has 0 radical (unpaired) electrons. The summed E-state index contributed by atoms with van der Waals surface area (Å²) in [5.41, 5.74) is 0.864. The zero-order valence-corrected chi connectivity index (χ0v) is 16.0. The normalized spacial score (nSPS) is 12.3. The Morgan fingerprint density at radius 1 is 1.26 bits per heavy atom. The molecule has 3 heterocycles. The fourth-order valence-corrected chi connectivity index (χ4v) is 3.29. The molecule has 0 fully saturated rings. The highest BCUT2D eigenvalue weighted by molar-refractivity contribution is 6.32. The maximum absolute atomic E-state index is 13.1. The second-order valence-corrected chi connectivity index (χ2v) is 6.99. The number of alkyl halides is 3. The molecule has 0 aliphatic rings. The van der Waals surface area contributed by atoms with Gasteiger partial charge in [-0.25, -0.2) is 4.52 Å². The molecule has 3 aromatic rings. The molecule has 27 heavy (non-hydrogen) atoms. The van der Waals surface area contributed by atoms with Crippen LogP contribution < -0.4 is 5.56 Å². The van der Waals surface area contributed by atoms with Crippen LogP contribution in [-0.4, -0.2) is 19.2 Å². The number of hydrogen-bond donors (Lipinski definition) is 0. The molecule has 3 aromatic heterocycles. The van der Waals surface area contributed by atoms with Crippen LogP contribution >= 0.6 is 11.6 Å². The quantitative estimate of drug-likeness (QED) is 0.643. The van der Waals surface area contributed by atoms with Crippen molar-refractivity contribution in [2.24, 2.45) is 0 Å². The molecular formula is C18H18ClF3N4O. The lowest BCUT2D eigenvalue weighted by Gasteiger charge is -2.14. The number of aromatic nitrogens is 4. The minimum atomic E-state index is -4.56. The fourth-order valence-electron chi connectivity index (χ4n) is 3.03. The summed E-state index contributed by atoms with van der Waals surface area (Å²) in [5.74, 6) is 0.245. The Morgan fingerprint density at radius 2 is 1.93 bits per heavy atom. The topological polar surface area (TPSA) is 52.2 Å². The van der Waals surface area contributed by atoms with Gasteiger partial charge in [-0.2, -0.15) is 13.2 Å². The molecule has 0 spiro atoms. The summed E-state index contributed by atoms with van der Waals surface area (Å²) >= 11 is 6.07. The van der Waals surface area contributed by atoms with E-state index >= 15 is 0 Å². The molecule has 0 N–H and O–H groups in total. The number of aryl methyl sites for hydroxylation is 1. The number of halogens is 4. The maximum atomic E-state index is 13.1. The summed E-state index contributed by atoms with van der Waals surface area (Å²) < 4.78 is 41.5. The van der Waals surface area contributed by atoms with Gasteiger partial charge in [0, 0.05) is 18.4 Å². The third-order valence-electron chi connectivity index (χ3n) is 4.40. The molecule has 144 valence electrons. The molecule has 5 nitrogen and oxygen atoms in total. The van der Waals surface area contributed by atoms with Crippen LogP contribution in [0.25, 0.3) is 17.0 Å². The van der Waals surface area contributed by atoms with Crippen molar-refractivity contribution in [2.45, 2.75) is 46.3 Å². The molecule has 0 amide bonds. The van der Waals surface area contributed by atoms with Gasteiger partial charge in [0.25, 0.3) is 5.56 Å². The van der Waals surface area contributed by atoms with Gasteiger partial charge in [-0.05, 0) is 37.5 Å². The summed E-state index contributed by atoms with van der Waals surface area (Å²) in [5, 5.41) is 4.27. The lowest BCUT2D eigenvalue weighted by Crippen LogP contribution is -2.26. The second-order valence-electron chi connectivity index (χ2n) is 6.58. The predicted molar refractivity (Wildman–Crippen MR) is 97.2 cm³/mol. The summed E-state index contributed by atoms with van der Waals surface area (Å²) in [4.78, 5) is 16.9. The van der Waals surface area contributed by atoms with Crippen LogP contribution in [0.15, 0.2) is 23.1 Å². The first-order valence-electron chi connectivity index (χ1n) is 8.42. The summed E-state index contributed by atoms with van der Waals surface area (Å²) in [6.07, 6.45) is -3.86. The fraction of sp³-hybridized carbons (Fsp3) is 0.389. The summed E-state index contributed by atoms with van der Waals surface area (Å²) in [6.45, 7) is 7.80. The standard InChI is InChI=1S/C18H18ClF3N4O/c1-5-25-16(14-13(19)7-11(8-23-14)18(20,21)22)24-26-10(4)6-12(9(2)3)15(26)17(25)27/h6-9H,5H2,1-4H3. The molecule has 0 aliphatic carbocycles. The van der Waals surface area contributed by atoms with Crippen LogP contribution in [0.1, 0.15) is 43.5 Å². The number of nitrogens with zero attached hydrogens (tertiary/aromatic N) is 4. The van der Waals surface area contributed by atoms with E-state index in [1.165, 1.54) is 9.08 Å². The Kier molecular flexibility index (Phi) is 4.80. The van der Waals surface area contributed by atoms with E-state index in [2.05, 4.69) is 10.1 Å². The van der Waals surface area contributed by atoms with E-state index in [0.29, 0.717) is 11.7 Å². The molecule has 0 saturated carbocycles. The Bertz CT molecular complexity index is 1080. The lowest BCUT2D eigenvalue weighted by atomic mass is 10.1. The third kappa shape index (κ3) is 3.22. The van der Waals surface area contributed by atoms with Crippen LogP contribution in [0.5, 0.6) is 0 Å². The van der Waals surface area contributed by atoms with Gasteiger partial charge in [-0.3, -0.25) is 14.3 Å². The highest BCUT2D eigenvalue weighted by Crippen LogP contribution is 2.33. The lowest BCUT2D eigenvalue weighted by molar-refractivity contribution is -0.137. The van der Waals surface area contributed by atoms with Gasteiger partial charge < -0.3 is 0 Å². The van der Waals surface area contributed by atoms with Crippen LogP contribution in [0.2, 0.25) is 5.02 Å². The van der Waals surface area contributed by atoms with E-state index in [1.807, 2.05) is 26.8 Å². The second kappa shape index (κ2) is 6.67. The largest absolute Gasteiger partial charge is 0.417 e. The van der Waals surface area contributed by atoms with Crippen LogP contribution in [0.4, 0.5) is 13.2 Å². The highest BCUT2D eigenvalue weighted by atomic mass is 35.5. The maximum Gasteiger partial charge on any atom is 0.417 e. The first-order valence-corrected chi connectivity index (χ1v) is 8.80. The highest BCUT2D eigenvalue weighted by Gasteiger charge is 2.32. The Morgan fingerprint density at radius 3 is 2.44 bits per heavy atom. The zero-order valence-electron chi connectivity index (χ0n) is 15.2. The monoisotopic (exact) mass is 398 g/mol. The SMILES string of the molecule is CCn1c(-c2ncc(C(F)(F)F)cc2Cl)nn2c(C)cc(C(C)C)c2c1=O. The molecule has 0 unspecified atom stereocenters. The predicted octanol–water partition coefficient (Wildman–Crippen LogP) is 4.68. The van der Waals surface area contributed by atoms with Crippen molar-refractivity contribution < 1.29 is 13.2 Å².